The Morgan fingerprint density at radius 3 is 2.59 bits per heavy atom. The van der Waals surface area contributed by atoms with Crippen molar-refractivity contribution in [1.29, 1.82) is 0 Å². The monoisotopic (exact) mass is 241 g/mol. The van der Waals surface area contributed by atoms with E-state index in [-0.39, 0.29) is 5.12 Å². The van der Waals surface area contributed by atoms with Crippen LogP contribution in [0.25, 0.3) is 17.3 Å². The Bertz CT molecular complexity index is 549. The van der Waals surface area contributed by atoms with Crippen LogP contribution in [0, 0.1) is 0 Å². The lowest BCUT2D eigenvalue weighted by atomic mass is 10.0. The number of benzene rings is 1. The second-order valence-corrected chi connectivity index (χ2v) is 3.91. The maximum Gasteiger partial charge on any atom is 0.209 e. The molecule has 0 N–H and O–H groups in total. The van der Waals surface area contributed by atoms with Crippen molar-refractivity contribution < 1.29 is 4.79 Å². The molecule has 0 amide bonds. The van der Waals surface area contributed by atoms with E-state index >= 15 is 0 Å². The minimum absolute atomic E-state index is 0.263. The van der Waals surface area contributed by atoms with Gasteiger partial charge in [0.2, 0.25) is 5.12 Å². The highest BCUT2D eigenvalue weighted by molar-refractivity contribution is 7.97. The number of thiol groups is 1. The molecule has 1 heterocycles. The zero-order chi connectivity index (χ0) is 12.1. The lowest BCUT2D eigenvalue weighted by Gasteiger charge is -2.04. The number of hydrogen-bond acceptors (Lipinski definition) is 2. The van der Waals surface area contributed by atoms with Gasteiger partial charge in [-0.05, 0) is 29.8 Å². The minimum Gasteiger partial charge on any atom is -0.283 e. The number of pyridine rings is 1. The molecular formula is C14H11NOS. The second-order valence-electron chi connectivity index (χ2n) is 3.47. The summed E-state index contributed by atoms with van der Waals surface area (Å²) in [5.41, 5.74) is 2.84. The van der Waals surface area contributed by atoms with Crippen LogP contribution in [0.2, 0.25) is 0 Å². The molecule has 0 saturated heterocycles. The van der Waals surface area contributed by atoms with Crippen LogP contribution in [-0.2, 0) is 4.79 Å². The fourth-order valence-corrected chi connectivity index (χ4v) is 1.63. The summed E-state index contributed by atoms with van der Waals surface area (Å²) in [7, 11) is 0. The minimum atomic E-state index is -0.263. The quantitative estimate of drug-likeness (QED) is 0.660. The van der Waals surface area contributed by atoms with E-state index in [1.807, 2.05) is 42.5 Å². The number of carbonyl (C=O) groups is 1. The summed E-state index contributed by atoms with van der Waals surface area (Å²) in [6, 6.07) is 13.5. The van der Waals surface area contributed by atoms with Crippen molar-refractivity contribution in [2.24, 2.45) is 0 Å². The van der Waals surface area contributed by atoms with Gasteiger partial charge in [0.15, 0.2) is 0 Å². The highest BCUT2D eigenvalue weighted by Gasteiger charge is 2.02. The normalized spacial score (nSPS) is 10.6. The van der Waals surface area contributed by atoms with E-state index in [0.717, 1.165) is 16.8 Å². The summed E-state index contributed by atoms with van der Waals surface area (Å²) in [6.07, 6.45) is 4.93. The summed E-state index contributed by atoms with van der Waals surface area (Å²) in [5.74, 6) is 0. The summed E-state index contributed by atoms with van der Waals surface area (Å²) in [6.45, 7) is 0. The summed E-state index contributed by atoms with van der Waals surface area (Å²) in [5, 5.41) is -0.263. The van der Waals surface area contributed by atoms with Gasteiger partial charge in [-0.15, -0.1) is 12.6 Å². The standard InChI is InChI=1S/C14H11NOS/c16-14(17)9-8-11-5-1-2-6-12(11)13-7-3-4-10-15-13/h1-10H,(H,16,17). The summed E-state index contributed by atoms with van der Waals surface area (Å²) in [4.78, 5) is 15.1. The molecule has 0 atom stereocenters. The lowest BCUT2D eigenvalue weighted by Crippen LogP contribution is -1.86. The van der Waals surface area contributed by atoms with Crippen molar-refractivity contribution in [3.63, 3.8) is 0 Å². The van der Waals surface area contributed by atoms with Crippen molar-refractivity contribution in [3.05, 3.63) is 60.3 Å². The zero-order valence-electron chi connectivity index (χ0n) is 9.08. The Balaban J connectivity index is 2.45. The third-order valence-corrected chi connectivity index (χ3v) is 2.46. The van der Waals surface area contributed by atoms with Gasteiger partial charge >= 0.3 is 0 Å². The van der Waals surface area contributed by atoms with Crippen LogP contribution < -0.4 is 0 Å². The molecule has 2 aromatic rings. The average Bonchev–Trinajstić information content (AvgIpc) is 2.38. The van der Waals surface area contributed by atoms with E-state index < -0.39 is 0 Å². The second kappa shape index (κ2) is 5.46. The van der Waals surface area contributed by atoms with Crippen LogP contribution in [0.1, 0.15) is 5.56 Å². The molecule has 0 aliphatic carbocycles. The van der Waals surface area contributed by atoms with Gasteiger partial charge in [0, 0.05) is 11.8 Å². The number of aromatic nitrogens is 1. The van der Waals surface area contributed by atoms with Crippen LogP contribution in [-0.4, -0.2) is 10.1 Å². The maximum atomic E-state index is 10.8. The molecule has 17 heavy (non-hydrogen) atoms. The predicted molar refractivity (Wildman–Crippen MR) is 72.7 cm³/mol. The highest BCUT2D eigenvalue weighted by Crippen LogP contribution is 2.22. The highest BCUT2D eigenvalue weighted by atomic mass is 32.1. The largest absolute Gasteiger partial charge is 0.283 e. The van der Waals surface area contributed by atoms with Gasteiger partial charge in [-0.2, -0.15) is 0 Å². The van der Waals surface area contributed by atoms with E-state index in [9.17, 15) is 4.79 Å². The molecule has 0 aliphatic heterocycles. The van der Waals surface area contributed by atoms with Crippen molar-refractivity contribution >= 4 is 23.8 Å². The molecule has 0 spiro atoms. The number of hydrogen-bond donors (Lipinski definition) is 1. The molecule has 84 valence electrons. The Morgan fingerprint density at radius 1 is 1.12 bits per heavy atom. The van der Waals surface area contributed by atoms with E-state index in [2.05, 4.69) is 17.6 Å². The van der Waals surface area contributed by atoms with E-state index in [4.69, 9.17) is 0 Å². The first-order chi connectivity index (χ1) is 8.27. The van der Waals surface area contributed by atoms with Gasteiger partial charge in [0.05, 0.1) is 5.69 Å². The molecule has 0 radical (unpaired) electrons. The van der Waals surface area contributed by atoms with E-state index in [1.54, 1.807) is 12.3 Å². The first-order valence-electron chi connectivity index (χ1n) is 5.19. The Hall–Kier alpha value is -1.87. The summed E-state index contributed by atoms with van der Waals surface area (Å²) < 4.78 is 0. The topological polar surface area (TPSA) is 30.0 Å². The third-order valence-electron chi connectivity index (χ3n) is 2.31. The molecule has 2 rings (SSSR count). The van der Waals surface area contributed by atoms with Crippen LogP contribution in [0.4, 0.5) is 0 Å². The van der Waals surface area contributed by atoms with Crippen LogP contribution >= 0.6 is 12.6 Å². The summed E-state index contributed by atoms with van der Waals surface area (Å²) >= 11 is 3.71. The molecule has 0 saturated carbocycles. The predicted octanol–water partition coefficient (Wildman–Crippen LogP) is 3.22. The number of rotatable bonds is 3. The molecule has 1 aromatic carbocycles. The van der Waals surface area contributed by atoms with Crippen molar-refractivity contribution in [3.8, 4) is 11.3 Å². The number of nitrogens with zero attached hydrogens (tertiary/aromatic N) is 1. The van der Waals surface area contributed by atoms with Crippen LogP contribution in [0.15, 0.2) is 54.7 Å². The van der Waals surface area contributed by atoms with Gasteiger partial charge in [-0.3, -0.25) is 9.78 Å². The van der Waals surface area contributed by atoms with Gasteiger partial charge in [0.25, 0.3) is 0 Å². The van der Waals surface area contributed by atoms with Crippen molar-refractivity contribution in [2.45, 2.75) is 0 Å². The maximum absolute atomic E-state index is 10.8. The third kappa shape index (κ3) is 3.04. The Morgan fingerprint density at radius 2 is 1.88 bits per heavy atom. The van der Waals surface area contributed by atoms with E-state index in [0.29, 0.717) is 0 Å². The van der Waals surface area contributed by atoms with E-state index in [1.165, 1.54) is 6.08 Å². The number of carbonyl (C=O) groups excluding carboxylic acids is 1. The molecule has 0 fully saturated rings. The first-order valence-corrected chi connectivity index (χ1v) is 5.63. The zero-order valence-corrected chi connectivity index (χ0v) is 9.97. The van der Waals surface area contributed by atoms with Crippen LogP contribution in [0.3, 0.4) is 0 Å². The molecule has 1 aromatic heterocycles. The molecule has 3 heteroatoms. The molecule has 0 aliphatic rings. The smallest absolute Gasteiger partial charge is 0.209 e. The van der Waals surface area contributed by atoms with Crippen molar-refractivity contribution in [1.82, 2.24) is 4.98 Å². The Kier molecular flexibility index (Phi) is 3.73. The first kappa shape index (κ1) is 11.6. The molecular weight excluding hydrogens is 230 g/mol. The van der Waals surface area contributed by atoms with Gasteiger partial charge in [-0.25, -0.2) is 0 Å². The Labute approximate surface area is 105 Å². The van der Waals surface area contributed by atoms with Gasteiger partial charge in [-0.1, -0.05) is 30.3 Å². The van der Waals surface area contributed by atoms with Gasteiger partial charge in [0.1, 0.15) is 0 Å². The van der Waals surface area contributed by atoms with Crippen molar-refractivity contribution in [2.75, 3.05) is 0 Å². The molecule has 2 nitrogen and oxygen atoms in total. The van der Waals surface area contributed by atoms with Crippen LogP contribution in [0.5, 0.6) is 0 Å². The SMILES string of the molecule is O=C(S)C=Cc1ccccc1-c1ccccn1. The molecule has 0 unspecified atom stereocenters. The fraction of sp³-hybridized carbons (Fsp3) is 0. The fourth-order valence-electron chi connectivity index (χ4n) is 1.56. The molecule has 0 bridgehead atoms. The lowest BCUT2D eigenvalue weighted by molar-refractivity contribution is -0.106. The average molecular weight is 241 g/mol. The van der Waals surface area contributed by atoms with Gasteiger partial charge < -0.3 is 0 Å².